The van der Waals surface area contributed by atoms with E-state index in [1.807, 2.05) is 0 Å². The molecule has 6 nitrogen and oxygen atoms in total. The molecule has 0 amide bonds. The number of anilines is 1. The van der Waals surface area contributed by atoms with Crippen LogP contribution in [0.25, 0.3) is 0 Å². The van der Waals surface area contributed by atoms with E-state index in [1.165, 1.54) is 0 Å². The van der Waals surface area contributed by atoms with Crippen molar-refractivity contribution in [3.8, 4) is 0 Å². The van der Waals surface area contributed by atoms with Gasteiger partial charge in [-0.05, 0) is 12.8 Å². The predicted octanol–water partition coefficient (Wildman–Crippen LogP) is 1.01. The Labute approximate surface area is 120 Å². The smallest absolute Gasteiger partial charge is 0.341 e. The summed E-state index contributed by atoms with van der Waals surface area (Å²) < 4.78 is 62.0. The van der Waals surface area contributed by atoms with Crippen LogP contribution in [0.4, 0.5) is 19.1 Å². The Morgan fingerprint density at radius 1 is 1.24 bits per heavy atom. The maximum Gasteiger partial charge on any atom is 0.419 e. The number of sulfonamides is 1. The molecule has 0 aliphatic carbocycles. The molecule has 21 heavy (non-hydrogen) atoms. The van der Waals surface area contributed by atoms with Crippen molar-refractivity contribution in [3.05, 3.63) is 18.0 Å². The fourth-order valence-corrected chi connectivity index (χ4v) is 2.97. The van der Waals surface area contributed by atoms with Gasteiger partial charge in [-0.25, -0.2) is 23.1 Å². The van der Waals surface area contributed by atoms with E-state index in [1.54, 1.807) is 4.90 Å². The van der Waals surface area contributed by atoms with Crippen molar-refractivity contribution in [2.24, 2.45) is 0 Å². The first-order valence-electron chi connectivity index (χ1n) is 6.26. The average Bonchev–Trinajstić information content (AvgIpc) is 2.37. The third-order valence-electron chi connectivity index (χ3n) is 3.12. The Morgan fingerprint density at radius 2 is 1.76 bits per heavy atom. The van der Waals surface area contributed by atoms with Gasteiger partial charge in [0.2, 0.25) is 16.0 Å². The average molecular weight is 324 g/mol. The zero-order chi connectivity index (χ0) is 15.7. The van der Waals surface area contributed by atoms with Gasteiger partial charge in [0.1, 0.15) is 0 Å². The molecule has 1 fully saturated rings. The molecule has 1 aliphatic heterocycles. The summed E-state index contributed by atoms with van der Waals surface area (Å²) in [6.07, 6.45) is -0.746. The van der Waals surface area contributed by atoms with E-state index in [2.05, 4.69) is 14.7 Å². The van der Waals surface area contributed by atoms with Crippen molar-refractivity contribution < 1.29 is 21.6 Å². The van der Waals surface area contributed by atoms with Crippen LogP contribution >= 0.6 is 0 Å². The molecular weight excluding hydrogens is 309 g/mol. The van der Waals surface area contributed by atoms with E-state index in [0.717, 1.165) is 18.6 Å². The second kappa shape index (κ2) is 5.76. The highest BCUT2D eigenvalue weighted by Gasteiger charge is 2.32. The molecule has 0 aromatic carbocycles. The van der Waals surface area contributed by atoms with E-state index in [-0.39, 0.29) is 12.0 Å². The summed E-state index contributed by atoms with van der Waals surface area (Å²) in [6, 6.07) is -0.161. The fourth-order valence-electron chi connectivity index (χ4n) is 2.13. The number of piperidine rings is 1. The van der Waals surface area contributed by atoms with Gasteiger partial charge in [-0.15, -0.1) is 0 Å². The third-order valence-corrected chi connectivity index (χ3v) is 3.89. The van der Waals surface area contributed by atoms with Crippen molar-refractivity contribution in [2.75, 3.05) is 24.2 Å². The molecule has 0 unspecified atom stereocenters. The van der Waals surface area contributed by atoms with Crippen LogP contribution in [0, 0.1) is 0 Å². The fraction of sp³-hybridized carbons (Fsp3) is 0.636. The van der Waals surface area contributed by atoms with Crippen LogP contribution in [0.3, 0.4) is 0 Å². The van der Waals surface area contributed by atoms with Crippen LogP contribution in [0.2, 0.25) is 0 Å². The van der Waals surface area contributed by atoms with Gasteiger partial charge in [0.05, 0.1) is 11.8 Å². The Hall–Kier alpha value is -1.42. The van der Waals surface area contributed by atoms with E-state index in [9.17, 15) is 21.6 Å². The first-order chi connectivity index (χ1) is 9.65. The zero-order valence-electron chi connectivity index (χ0n) is 11.3. The summed E-state index contributed by atoms with van der Waals surface area (Å²) in [4.78, 5) is 9.19. The van der Waals surface area contributed by atoms with Crippen LogP contribution in [0.15, 0.2) is 12.4 Å². The highest BCUT2D eigenvalue weighted by molar-refractivity contribution is 7.88. The highest BCUT2D eigenvalue weighted by Crippen LogP contribution is 2.28. The summed E-state index contributed by atoms with van der Waals surface area (Å²) >= 11 is 0. The maximum absolute atomic E-state index is 12.4. The molecule has 0 radical (unpaired) electrons. The van der Waals surface area contributed by atoms with Crippen molar-refractivity contribution in [2.45, 2.75) is 25.1 Å². The second-order valence-corrected chi connectivity index (χ2v) is 6.70. The van der Waals surface area contributed by atoms with Gasteiger partial charge >= 0.3 is 6.18 Å². The molecule has 1 aromatic rings. The van der Waals surface area contributed by atoms with Crippen molar-refractivity contribution in [1.82, 2.24) is 14.7 Å². The molecule has 1 aromatic heterocycles. The number of aromatic nitrogens is 2. The van der Waals surface area contributed by atoms with Crippen LogP contribution in [0.1, 0.15) is 18.4 Å². The SMILES string of the molecule is CS(=O)(=O)NC1CCN(c2ncc(C(F)(F)F)cn2)CC1. The normalized spacial score (nSPS) is 18.0. The van der Waals surface area contributed by atoms with E-state index < -0.39 is 21.8 Å². The second-order valence-electron chi connectivity index (χ2n) is 4.92. The number of nitrogens with one attached hydrogen (secondary N) is 1. The Bertz CT molecular complexity index is 580. The summed E-state index contributed by atoms with van der Waals surface area (Å²) in [7, 11) is -3.25. The minimum Gasteiger partial charge on any atom is -0.341 e. The monoisotopic (exact) mass is 324 g/mol. The number of hydrogen-bond acceptors (Lipinski definition) is 5. The van der Waals surface area contributed by atoms with E-state index >= 15 is 0 Å². The number of hydrogen-bond donors (Lipinski definition) is 1. The minimum atomic E-state index is -4.45. The maximum atomic E-state index is 12.4. The third kappa shape index (κ3) is 4.53. The predicted molar refractivity (Wildman–Crippen MR) is 70.2 cm³/mol. The number of halogens is 3. The van der Waals surface area contributed by atoms with Crippen molar-refractivity contribution >= 4 is 16.0 Å². The standard InChI is InChI=1S/C11H15F3N4O2S/c1-21(19,20)17-9-2-4-18(5-3-9)10-15-6-8(7-16-10)11(12,13)14/h6-7,9,17H,2-5H2,1H3. The summed E-state index contributed by atoms with van der Waals surface area (Å²) in [5.74, 6) is 0.223. The molecule has 1 saturated heterocycles. The lowest BCUT2D eigenvalue weighted by Crippen LogP contribution is -2.44. The van der Waals surface area contributed by atoms with Gasteiger partial charge < -0.3 is 4.90 Å². The molecule has 118 valence electrons. The summed E-state index contributed by atoms with van der Waals surface area (Å²) in [6.45, 7) is 0.969. The van der Waals surface area contributed by atoms with E-state index in [4.69, 9.17) is 0 Å². The minimum absolute atomic E-state index is 0.161. The lowest BCUT2D eigenvalue weighted by molar-refractivity contribution is -0.138. The van der Waals surface area contributed by atoms with Crippen LogP contribution in [-0.2, 0) is 16.2 Å². The number of nitrogens with zero attached hydrogens (tertiary/aromatic N) is 3. The molecule has 1 aliphatic rings. The van der Waals surface area contributed by atoms with Gasteiger partial charge in [0, 0.05) is 31.5 Å². The molecule has 10 heteroatoms. The molecule has 2 heterocycles. The molecule has 2 rings (SSSR count). The topological polar surface area (TPSA) is 75.2 Å². The van der Waals surface area contributed by atoms with Gasteiger partial charge in [-0.1, -0.05) is 0 Å². The van der Waals surface area contributed by atoms with Gasteiger partial charge in [0.15, 0.2) is 0 Å². The van der Waals surface area contributed by atoms with Crippen molar-refractivity contribution in [1.29, 1.82) is 0 Å². The first-order valence-corrected chi connectivity index (χ1v) is 8.16. The van der Waals surface area contributed by atoms with E-state index in [0.29, 0.717) is 25.9 Å². The van der Waals surface area contributed by atoms with Crippen LogP contribution < -0.4 is 9.62 Å². The van der Waals surface area contributed by atoms with Gasteiger partial charge in [-0.2, -0.15) is 13.2 Å². The quantitative estimate of drug-likeness (QED) is 0.898. The molecule has 0 spiro atoms. The Balaban J connectivity index is 1.96. The lowest BCUT2D eigenvalue weighted by Gasteiger charge is -2.31. The van der Waals surface area contributed by atoms with Crippen LogP contribution in [0.5, 0.6) is 0 Å². The van der Waals surface area contributed by atoms with Crippen molar-refractivity contribution in [3.63, 3.8) is 0 Å². The largest absolute Gasteiger partial charge is 0.419 e. The molecule has 0 bridgehead atoms. The van der Waals surface area contributed by atoms with Gasteiger partial charge in [0.25, 0.3) is 0 Å². The molecule has 1 N–H and O–H groups in total. The molecule has 0 atom stereocenters. The number of rotatable bonds is 3. The molecular formula is C11H15F3N4O2S. The first kappa shape index (κ1) is 16.0. The zero-order valence-corrected chi connectivity index (χ0v) is 12.1. The Morgan fingerprint density at radius 3 is 2.19 bits per heavy atom. The summed E-state index contributed by atoms with van der Waals surface area (Å²) in [5.41, 5.74) is -0.889. The highest BCUT2D eigenvalue weighted by atomic mass is 32.2. The number of alkyl halides is 3. The summed E-state index contributed by atoms with van der Waals surface area (Å²) in [5, 5.41) is 0. The lowest BCUT2D eigenvalue weighted by atomic mass is 10.1. The molecule has 0 saturated carbocycles. The Kier molecular flexibility index (Phi) is 4.38. The van der Waals surface area contributed by atoms with Gasteiger partial charge in [-0.3, -0.25) is 0 Å². The van der Waals surface area contributed by atoms with Crippen LogP contribution in [-0.4, -0.2) is 43.8 Å².